The number of carbonyl (C=O) groups excluding carboxylic acids is 2. The second-order valence-corrected chi connectivity index (χ2v) is 11.8. The number of amides is 2. The maximum absolute atomic E-state index is 14.0. The number of rotatable bonds is 12. The molecule has 214 valence electrons. The van der Waals surface area contributed by atoms with Crippen LogP contribution in [-0.4, -0.2) is 51.4 Å². The van der Waals surface area contributed by atoms with Gasteiger partial charge >= 0.3 is 0 Å². The van der Waals surface area contributed by atoms with Gasteiger partial charge in [-0.1, -0.05) is 60.0 Å². The van der Waals surface area contributed by atoms with Crippen LogP contribution in [0.1, 0.15) is 31.4 Å². The summed E-state index contributed by atoms with van der Waals surface area (Å²) in [5.41, 5.74) is 1.67. The Labute approximate surface area is 245 Å². The van der Waals surface area contributed by atoms with E-state index in [4.69, 9.17) is 27.9 Å². The molecule has 0 aliphatic heterocycles. The number of hydrogen-bond donors (Lipinski definition) is 1. The number of nitrogens with zero attached hydrogens (tertiary/aromatic N) is 2. The number of hydrogen-bond acceptors (Lipinski definition) is 5. The fourth-order valence-corrected chi connectivity index (χ4v) is 6.03. The number of anilines is 1. The van der Waals surface area contributed by atoms with E-state index in [1.54, 1.807) is 57.4 Å². The smallest absolute Gasteiger partial charge is 0.264 e. The molecule has 0 saturated heterocycles. The molecule has 0 bridgehead atoms. The molecule has 1 atom stereocenters. The van der Waals surface area contributed by atoms with Crippen molar-refractivity contribution in [2.24, 2.45) is 0 Å². The van der Waals surface area contributed by atoms with Crippen LogP contribution in [0.15, 0.2) is 71.6 Å². The van der Waals surface area contributed by atoms with Gasteiger partial charge < -0.3 is 15.0 Å². The molecule has 1 unspecified atom stereocenters. The van der Waals surface area contributed by atoms with E-state index >= 15 is 0 Å². The molecule has 3 aromatic rings. The van der Waals surface area contributed by atoms with Crippen LogP contribution in [0, 0.1) is 6.92 Å². The summed E-state index contributed by atoms with van der Waals surface area (Å²) in [5.74, 6) is -0.274. The van der Waals surface area contributed by atoms with Crippen molar-refractivity contribution >= 4 is 50.7 Å². The first-order chi connectivity index (χ1) is 19.0. The summed E-state index contributed by atoms with van der Waals surface area (Å²) in [4.78, 5) is 28.4. The quantitative estimate of drug-likeness (QED) is 0.296. The summed E-state index contributed by atoms with van der Waals surface area (Å²) in [6, 6.07) is 16.9. The van der Waals surface area contributed by atoms with Crippen molar-refractivity contribution in [2.75, 3.05) is 24.5 Å². The van der Waals surface area contributed by atoms with Gasteiger partial charge in [-0.15, -0.1) is 0 Å². The maximum Gasteiger partial charge on any atom is 0.264 e. The average Bonchev–Trinajstić information content (AvgIpc) is 2.93. The largest absolute Gasteiger partial charge is 0.497 e. The zero-order chi connectivity index (χ0) is 29.4. The average molecular weight is 607 g/mol. The van der Waals surface area contributed by atoms with Gasteiger partial charge in [0.2, 0.25) is 11.8 Å². The molecule has 0 aliphatic carbocycles. The fraction of sp³-hybridized carbons (Fsp3) is 0.310. The lowest BCUT2D eigenvalue weighted by Crippen LogP contribution is -2.52. The van der Waals surface area contributed by atoms with E-state index in [9.17, 15) is 18.0 Å². The molecular formula is C29H33Cl2N3O5S. The Hall–Kier alpha value is -3.27. The van der Waals surface area contributed by atoms with Gasteiger partial charge in [0.1, 0.15) is 18.3 Å². The minimum Gasteiger partial charge on any atom is -0.497 e. The molecule has 11 heteroatoms. The Morgan fingerprint density at radius 2 is 1.62 bits per heavy atom. The number of halogens is 2. The Bertz CT molecular complexity index is 1430. The van der Waals surface area contributed by atoms with Gasteiger partial charge in [-0.3, -0.25) is 13.9 Å². The Kier molecular flexibility index (Phi) is 10.8. The molecule has 0 radical (unpaired) electrons. The van der Waals surface area contributed by atoms with Crippen LogP contribution < -0.4 is 14.4 Å². The van der Waals surface area contributed by atoms with Gasteiger partial charge in [0, 0.05) is 18.1 Å². The number of ether oxygens (including phenoxy) is 1. The van der Waals surface area contributed by atoms with Crippen LogP contribution in [0.25, 0.3) is 0 Å². The number of carbonyl (C=O) groups is 2. The predicted octanol–water partition coefficient (Wildman–Crippen LogP) is 5.45. The van der Waals surface area contributed by atoms with Gasteiger partial charge in [-0.2, -0.15) is 0 Å². The van der Waals surface area contributed by atoms with E-state index in [1.165, 1.54) is 35.2 Å². The van der Waals surface area contributed by atoms with Crippen molar-refractivity contribution in [2.45, 2.75) is 44.7 Å². The lowest BCUT2D eigenvalue weighted by Gasteiger charge is -2.33. The first-order valence-electron chi connectivity index (χ1n) is 12.8. The van der Waals surface area contributed by atoms with Gasteiger partial charge in [-0.25, -0.2) is 8.42 Å². The van der Waals surface area contributed by atoms with Crippen LogP contribution in [0.5, 0.6) is 5.75 Å². The highest BCUT2D eigenvalue weighted by Crippen LogP contribution is 2.33. The molecular weight excluding hydrogens is 573 g/mol. The summed E-state index contributed by atoms with van der Waals surface area (Å²) in [5, 5.41) is 3.13. The van der Waals surface area contributed by atoms with Crippen LogP contribution in [0.2, 0.25) is 10.0 Å². The van der Waals surface area contributed by atoms with Crippen molar-refractivity contribution < 1.29 is 22.7 Å². The van der Waals surface area contributed by atoms with Crippen molar-refractivity contribution in [1.82, 2.24) is 10.2 Å². The molecule has 0 saturated carbocycles. The van der Waals surface area contributed by atoms with Crippen molar-refractivity contribution in [3.05, 3.63) is 87.9 Å². The Balaban J connectivity index is 2.09. The van der Waals surface area contributed by atoms with E-state index in [2.05, 4.69) is 5.32 Å². The molecule has 0 spiro atoms. The minimum atomic E-state index is -4.26. The minimum absolute atomic E-state index is 0.0144. The van der Waals surface area contributed by atoms with Crippen LogP contribution in [-0.2, 0) is 26.2 Å². The molecule has 1 N–H and O–H groups in total. The summed E-state index contributed by atoms with van der Waals surface area (Å²) >= 11 is 12.7. The van der Waals surface area contributed by atoms with Gasteiger partial charge in [0.15, 0.2) is 0 Å². The van der Waals surface area contributed by atoms with E-state index in [-0.39, 0.29) is 33.1 Å². The van der Waals surface area contributed by atoms with E-state index in [1.807, 2.05) is 6.92 Å². The molecule has 0 aromatic heterocycles. The number of methoxy groups -OCH3 is 1. The maximum atomic E-state index is 14.0. The van der Waals surface area contributed by atoms with Crippen LogP contribution in [0.4, 0.5) is 5.69 Å². The Morgan fingerprint density at radius 1 is 0.975 bits per heavy atom. The van der Waals surface area contributed by atoms with Gasteiger partial charge in [-0.05, 0) is 68.3 Å². The zero-order valence-corrected chi connectivity index (χ0v) is 25.2. The van der Waals surface area contributed by atoms with Crippen LogP contribution in [0.3, 0.4) is 0 Å². The third-order valence-corrected chi connectivity index (χ3v) is 8.64. The second kappa shape index (κ2) is 13.9. The predicted molar refractivity (Wildman–Crippen MR) is 158 cm³/mol. The first-order valence-corrected chi connectivity index (χ1v) is 15.0. The van der Waals surface area contributed by atoms with E-state index in [0.717, 1.165) is 15.4 Å². The second-order valence-electron chi connectivity index (χ2n) is 9.11. The lowest BCUT2D eigenvalue weighted by molar-refractivity contribution is -0.140. The topological polar surface area (TPSA) is 96.0 Å². The fourth-order valence-electron chi connectivity index (χ4n) is 4.17. The van der Waals surface area contributed by atoms with Gasteiger partial charge in [0.25, 0.3) is 10.0 Å². The highest BCUT2D eigenvalue weighted by molar-refractivity contribution is 7.92. The first kappa shape index (κ1) is 31.3. The number of benzene rings is 3. The summed E-state index contributed by atoms with van der Waals surface area (Å²) in [6.45, 7) is 5.27. The zero-order valence-electron chi connectivity index (χ0n) is 22.9. The molecule has 8 nitrogen and oxygen atoms in total. The van der Waals surface area contributed by atoms with Crippen molar-refractivity contribution in [3.8, 4) is 5.75 Å². The van der Waals surface area contributed by atoms with Crippen molar-refractivity contribution in [3.63, 3.8) is 0 Å². The number of sulfonamides is 1. The lowest BCUT2D eigenvalue weighted by atomic mass is 10.1. The molecule has 3 aromatic carbocycles. The SMILES string of the molecule is CCNC(=O)C(CC)N(Cc1ccc(OC)cc1)C(=O)CN(c1cc(Cl)ccc1Cl)S(=O)(=O)c1ccc(C)cc1. The molecule has 2 amide bonds. The number of likely N-dealkylation sites (N-methyl/N-ethyl adjacent to an activating group) is 1. The molecule has 0 aliphatic rings. The van der Waals surface area contributed by atoms with Crippen molar-refractivity contribution in [1.29, 1.82) is 0 Å². The monoisotopic (exact) mass is 605 g/mol. The van der Waals surface area contributed by atoms with Gasteiger partial charge in [0.05, 0.1) is 22.7 Å². The summed E-state index contributed by atoms with van der Waals surface area (Å²) in [7, 11) is -2.71. The summed E-state index contributed by atoms with van der Waals surface area (Å²) < 4.78 is 34.0. The molecule has 0 heterocycles. The number of nitrogens with one attached hydrogen (secondary N) is 1. The summed E-state index contributed by atoms with van der Waals surface area (Å²) in [6.07, 6.45) is 0.316. The third-order valence-electron chi connectivity index (χ3n) is 6.31. The standard InChI is InChI=1S/C29H33Cl2N3O5S/c1-5-26(29(36)32-6-2)33(18-21-9-12-23(39-4)13-10-21)28(35)19-34(27-17-22(30)11-16-25(27)31)40(37,38)24-14-7-20(3)8-15-24/h7-17,26H,5-6,18-19H2,1-4H3,(H,32,36). The Morgan fingerprint density at radius 3 is 2.20 bits per heavy atom. The molecule has 40 heavy (non-hydrogen) atoms. The number of aryl methyl sites for hydroxylation is 1. The normalized spacial score (nSPS) is 11.9. The molecule has 0 fully saturated rings. The highest BCUT2D eigenvalue weighted by Gasteiger charge is 2.34. The molecule has 3 rings (SSSR count). The highest BCUT2D eigenvalue weighted by atomic mass is 35.5. The third kappa shape index (κ3) is 7.47. The van der Waals surface area contributed by atoms with E-state index in [0.29, 0.717) is 18.7 Å². The van der Waals surface area contributed by atoms with Crippen LogP contribution >= 0.6 is 23.2 Å². The van der Waals surface area contributed by atoms with E-state index < -0.39 is 28.5 Å².